The van der Waals surface area contributed by atoms with E-state index in [0.29, 0.717) is 0 Å². The molecule has 2 nitrogen and oxygen atoms in total. The third-order valence-electron chi connectivity index (χ3n) is 6.44. The highest BCUT2D eigenvalue weighted by Crippen LogP contribution is 2.45. The Kier molecular flexibility index (Phi) is 4.18. The molecule has 1 aromatic carbocycles. The van der Waals surface area contributed by atoms with E-state index in [1.807, 2.05) is 0 Å². The average molecular weight is 338 g/mol. The predicted octanol–water partition coefficient (Wildman–Crippen LogP) is 5.02. The lowest BCUT2D eigenvalue weighted by Crippen LogP contribution is -2.41. The van der Waals surface area contributed by atoms with Gasteiger partial charge in [-0.25, -0.2) is 0 Å². The lowest BCUT2D eigenvalue weighted by molar-refractivity contribution is 0.00578. The first-order chi connectivity index (χ1) is 11.3. The van der Waals surface area contributed by atoms with Crippen LogP contribution < -0.4 is 0 Å². The second kappa shape index (κ2) is 5.63. The van der Waals surface area contributed by atoms with Crippen LogP contribution in [0.2, 0.25) is 0 Å². The molecular weight excluding hydrogens is 307 g/mol. The van der Waals surface area contributed by atoms with Gasteiger partial charge in [0, 0.05) is 5.56 Å². The van der Waals surface area contributed by atoms with Crippen LogP contribution in [-0.4, -0.2) is 18.3 Å². The zero-order valence-corrected chi connectivity index (χ0v) is 17.0. The van der Waals surface area contributed by atoms with Gasteiger partial charge in [0.15, 0.2) is 0 Å². The van der Waals surface area contributed by atoms with E-state index in [1.54, 1.807) is 0 Å². The van der Waals surface area contributed by atoms with Crippen molar-refractivity contribution in [3.63, 3.8) is 0 Å². The lowest BCUT2D eigenvalue weighted by atomic mass is 9.63. The minimum absolute atomic E-state index is 0.201. The predicted molar refractivity (Wildman–Crippen MR) is 105 cm³/mol. The topological polar surface area (TPSA) is 18.5 Å². The molecule has 1 aliphatic carbocycles. The summed E-state index contributed by atoms with van der Waals surface area (Å²) in [4.78, 5) is 0. The third kappa shape index (κ3) is 3.27. The van der Waals surface area contributed by atoms with Gasteiger partial charge in [0.2, 0.25) is 0 Å². The summed E-state index contributed by atoms with van der Waals surface area (Å²) in [6.45, 7) is 17.6. The van der Waals surface area contributed by atoms with Crippen molar-refractivity contribution in [2.24, 2.45) is 0 Å². The van der Waals surface area contributed by atoms with Crippen molar-refractivity contribution >= 4 is 7.12 Å². The van der Waals surface area contributed by atoms with Gasteiger partial charge in [-0.05, 0) is 74.6 Å². The average Bonchev–Trinajstić information content (AvgIpc) is 2.70. The molecule has 1 aliphatic heterocycles. The van der Waals surface area contributed by atoms with Gasteiger partial charge in [-0.1, -0.05) is 45.5 Å². The van der Waals surface area contributed by atoms with Crippen LogP contribution >= 0.6 is 0 Å². The summed E-state index contributed by atoms with van der Waals surface area (Å²) in [5, 5.41) is 0. The molecule has 0 atom stereocenters. The largest absolute Gasteiger partial charge is 0.551 e. The van der Waals surface area contributed by atoms with Crippen molar-refractivity contribution in [1.82, 2.24) is 0 Å². The third-order valence-corrected chi connectivity index (χ3v) is 6.44. The van der Waals surface area contributed by atoms with E-state index >= 15 is 0 Å². The van der Waals surface area contributed by atoms with Gasteiger partial charge in [0.05, 0.1) is 11.2 Å². The SMILES string of the molecule is CC1(C)CCC(C)(C)c2cc(C#CB3OC(C)(C)C(C)(C)O3)ccc21. The molecule has 1 aromatic rings. The van der Waals surface area contributed by atoms with Gasteiger partial charge >= 0.3 is 7.12 Å². The second-order valence-corrected chi connectivity index (χ2v) is 9.89. The molecule has 3 rings (SSSR count). The molecule has 25 heavy (non-hydrogen) atoms. The minimum Gasteiger partial charge on any atom is -0.392 e. The maximum atomic E-state index is 5.98. The molecule has 1 fully saturated rings. The molecule has 0 aromatic heterocycles. The summed E-state index contributed by atoms with van der Waals surface area (Å²) < 4.78 is 12.0. The van der Waals surface area contributed by atoms with Crippen molar-refractivity contribution in [3.8, 4) is 11.7 Å². The lowest BCUT2D eigenvalue weighted by Gasteiger charge is -2.41. The first-order valence-electron chi connectivity index (χ1n) is 9.36. The number of fused-ring (bicyclic) bond motifs is 1. The van der Waals surface area contributed by atoms with E-state index in [-0.39, 0.29) is 22.0 Å². The summed E-state index contributed by atoms with van der Waals surface area (Å²) in [5.74, 6) is 6.45. The quantitative estimate of drug-likeness (QED) is 0.488. The highest BCUT2D eigenvalue weighted by atomic mass is 16.7. The molecule has 0 unspecified atom stereocenters. The van der Waals surface area contributed by atoms with Gasteiger partial charge in [0.1, 0.15) is 0 Å². The monoisotopic (exact) mass is 338 g/mol. The Hall–Kier alpha value is -1.24. The summed E-state index contributed by atoms with van der Waals surface area (Å²) in [7, 11) is -0.467. The highest BCUT2D eigenvalue weighted by Gasteiger charge is 2.50. The Balaban J connectivity index is 1.90. The Labute approximate surface area is 153 Å². The first kappa shape index (κ1) is 18.6. The van der Waals surface area contributed by atoms with Crippen LogP contribution in [0.25, 0.3) is 0 Å². The van der Waals surface area contributed by atoms with E-state index in [9.17, 15) is 0 Å². The Morgan fingerprint density at radius 2 is 1.32 bits per heavy atom. The Morgan fingerprint density at radius 3 is 1.88 bits per heavy atom. The zero-order valence-electron chi connectivity index (χ0n) is 17.0. The van der Waals surface area contributed by atoms with Crippen molar-refractivity contribution < 1.29 is 9.31 Å². The molecule has 1 saturated heterocycles. The Morgan fingerprint density at radius 1 is 0.800 bits per heavy atom. The van der Waals surface area contributed by atoms with E-state index in [1.165, 1.54) is 24.0 Å². The number of hydrogen-bond acceptors (Lipinski definition) is 2. The van der Waals surface area contributed by atoms with Gasteiger partial charge in [0.25, 0.3) is 0 Å². The Bertz CT molecular complexity index is 731. The highest BCUT2D eigenvalue weighted by molar-refractivity contribution is 6.55. The standard InChI is InChI=1S/C22H31BO2/c1-19(2)12-13-20(3,4)18-15-16(9-10-17(18)19)11-14-23-24-21(5,6)22(7,8)25-23/h9-10,15H,12-13H2,1-8H3. The maximum Gasteiger partial charge on any atom is 0.551 e. The minimum atomic E-state index is -0.467. The molecule has 134 valence electrons. The van der Waals surface area contributed by atoms with E-state index in [4.69, 9.17) is 9.31 Å². The molecule has 0 radical (unpaired) electrons. The molecule has 1 heterocycles. The van der Waals surface area contributed by atoms with Crippen molar-refractivity contribution in [3.05, 3.63) is 34.9 Å². The van der Waals surface area contributed by atoms with Crippen LogP contribution in [-0.2, 0) is 20.1 Å². The van der Waals surface area contributed by atoms with Crippen molar-refractivity contribution in [2.75, 3.05) is 0 Å². The van der Waals surface area contributed by atoms with Crippen molar-refractivity contribution in [1.29, 1.82) is 0 Å². The number of hydrogen-bond donors (Lipinski definition) is 0. The molecule has 0 amide bonds. The molecular formula is C22H31BO2. The van der Waals surface area contributed by atoms with Crippen LogP contribution in [0.15, 0.2) is 18.2 Å². The van der Waals surface area contributed by atoms with E-state index < -0.39 is 7.12 Å². The van der Waals surface area contributed by atoms with Gasteiger partial charge in [-0.2, -0.15) is 0 Å². The molecule has 2 aliphatic rings. The summed E-state index contributed by atoms with van der Waals surface area (Å²) in [5.41, 5.74) is 3.70. The summed E-state index contributed by atoms with van der Waals surface area (Å²) >= 11 is 0. The van der Waals surface area contributed by atoms with E-state index in [0.717, 1.165) is 5.56 Å². The van der Waals surface area contributed by atoms with Crippen LogP contribution in [0.1, 0.15) is 84.9 Å². The fraction of sp³-hybridized carbons (Fsp3) is 0.636. The first-order valence-corrected chi connectivity index (χ1v) is 9.36. The van der Waals surface area contributed by atoms with E-state index in [2.05, 4.69) is 85.3 Å². The molecule has 0 saturated carbocycles. The summed E-state index contributed by atoms with van der Waals surface area (Å²) in [6.07, 6.45) is 2.44. The van der Waals surface area contributed by atoms with Gasteiger partial charge < -0.3 is 9.31 Å². The molecule has 0 N–H and O–H groups in total. The summed E-state index contributed by atoms with van der Waals surface area (Å²) in [6, 6.07) is 6.68. The van der Waals surface area contributed by atoms with Crippen LogP contribution in [0.3, 0.4) is 0 Å². The van der Waals surface area contributed by atoms with Crippen LogP contribution in [0, 0.1) is 11.7 Å². The fourth-order valence-corrected chi connectivity index (χ4v) is 3.71. The smallest absolute Gasteiger partial charge is 0.392 e. The molecule has 3 heteroatoms. The number of rotatable bonds is 0. The maximum absolute atomic E-state index is 5.98. The van der Waals surface area contributed by atoms with Crippen LogP contribution in [0.5, 0.6) is 0 Å². The normalized spacial score (nSPS) is 25.0. The second-order valence-electron chi connectivity index (χ2n) is 9.89. The van der Waals surface area contributed by atoms with Crippen molar-refractivity contribution in [2.45, 2.75) is 90.3 Å². The van der Waals surface area contributed by atoms with Crippen LogP contribution in [0.4, 0.5) is 0 Å². The zero-order chi connectivity index (χ0) is 18.7. The number of benzene rings is 1. The fourth-order valence-electron chi connectivity index (χ4n) is 3.71. The molecule has 0 spiro atoms. The molecule has 0 bridgehead atoms. The van der Waals surface area contributed by atoms with Gasteiger partial charge in [-0.15, -0.1) is 0 Å². The van der Waals surface area contributed by atoms with Gasteiger partial charge in [-0.3, -0.25) is 0 Å².